The average molecular weight is 392 g/mol. The summed E-state index contributed by atoms with van der Waals surface area (Å²) in [6.45, 7) is 7.62. The molecule has 0 aliphatic carbocycles. The van der Waals surface area contributed by atoms with E-state index in [0.29, 0.717) is 11.2 Å². The van der Waals surface area contributed by atoms with Gasteiger partial charge in [-0.1, -0.05) is 12.1 Å². The molecule has 2 heterocycles. The summed E-state index contributed by atoms with van der Waals surface area (Å²) in [5.74, 6) is -1.04. The maximum Gasteiger partial charge on any atom is 0.494 e. The molecule has 1 fully saturated rings. The second kappa shape index (κ2) is 6.89. The molecule has 6 nitrogen and oxygen atoms in total. The van der Waals surface area contributed by atoms with Crippen LogP contribution >= 0.6 is 0 Å². The summed E-state index contributed by atoms with van der Waals surface area (Å²) in [4.78, 5) is 3.98. The van der Waals surface area contributed by atoms with Crippen molar-refractivity contribution in [2.24, 2.45) is 0 Å². The first-order chi connectivity index (χ1) is 12.5. The molecule has 0 atom stereocenters. The van der Waals surface area contributed by atoms with Crippen LogP contribution in [-0.4, -0.2) is 31.7 Å². The van der Waals surface area contributed by atoms with Gasteiger partial charge in [0.2, 0.25) is 10.0 Å². The number of pyridine rings is 1. The average Bonchev–Trinajstić information content (AvgIpc) is 2.77. The van der Waals surface area contributed by atoms with Crippen molar-refractivity contribution in [2.75, 3.05) is 4.72 Å². The van der Waals surface area contributed by atoms with Crippen molar-refractivity contribution in [1.82, 2.24) is 4.98 Å². The van der Waals surface area contributed by atoms with E-state index in [9.17, 15) is 12.8 Å². The van der Waals surface area contributed by atoms with Gasteiger partial charge in [-0.15, -0.1) is 0 Å². The number of anilines is 1. The van der Waals surface area contributed by atoms with Crippen LogP contribution in [0.3, 0.4) is 0 Å². The van der Waals surface area contributed by atoms with E-state index in [2.05, 4.69) is 9.71 Å². The Bertz CT molecular complexity index is 920. The van der Waals surface area contributed by atoms with Gasteiger partial charge in [-0.2, -0.15) is 0 Å². The van der Waals surface area contributed by atoms with Crippen molar-refractivity contribution in [2.45, 2.75) is 44.6 Å². The lowest BCUT2D eigenvalue weighted by atomic mass is 9.79. The highest BCUT2D eigenvalue weighted by molar-refractivity contribution is 7.91. The van der Waals surface area contributed by atoms with Gasteiger partial charge in [0.1, 0.15) is 11.6 Å². The van der Waals surface area contributed by atoms with Crippen molar-refractivity contribution in [3.63, 3.8) is 0 Å². The van der Waals surface area contributed by atoms with Gasteiger partial charge in [0.15, 0.2) is 0 Å². The van der Waals surface area contributed by atoms with E-state index in [4.69, 9.17) is 9.31 Å². The summed E-state index contributed by atoms with van der Waals surface area (Å²) in [5, 5.41) is 0. The van der Waals surface area contributed by atoms with Gasteiger partial charge < -0.3 is 9.31 Å². The topological polar surface area (TPSA) is 77.5 Å². The first-order valence-electron chi connectivity index (χ1n) is 8.55. The fourth-order valence-corrected chi connectivity index (χ4v) is 3.75. The summed E-state index contributed by atoms with van der Waals surface area (Å²) >= 11 is 0. The zero-order valence-corrected chi connectivity index (χ0v) is 16.5. The molecule has 0 amide bonds. The number of hydrogen-bond acceptors (Lipinski definition) is 5. The van der Waals surface area contributed by atoms with Crippen molar-refractivity contribution in [3.8, 4) is 0 Å². The molecule has 3 rings (SSSR count). The predicted octanol–water partition coefficient (Wildman–Crippen LogP) is 2.46. The molecular weight excluding hydrogens is 370 g/mol. The van der Waals surface area contributed by atoms with Crippen LogP contribution < -0.4 is 10.2 Å². The Labute approximate surface area is 159 Å². The molecule has 1 aliphatic rings. The lowest BCUT2D eigenvalue weighted by molar-refractivity contribution is 0.00578. The van der Waals surface area contributed by atoms with E-state index < -0.39 is 34.2 Å². The highest BCUT2D eigenvalue weighted by atomic mass is 32.2. The normalized spacial score (nSPS) is 18.5. The molecule has 0 unspecified atom stereocenters. The zero-order chi connectivity index (χ0) is 19.9. The summed E-state index contributed by atoms with van der Waals surface area (Å²) in [7, 11) is -4.51. The van der Waals surface area contributed by atoms with Crippen LogP contribution in [0.5, 0.6) is 0 Å². The van der Waals surface area contributed by atoms with Crippen molar-refractivity contribution in [1.29, 1.82) is 0 Å². The number of nitrogens with zero attached hydrogens (tertiary/aromatic N) is 1. The van der Waals surface area contributed by atoms with E-state index in [0.717, 1.165) is 0 Å². The Morgan fingerprint density at radius 3 is 2.33 bits per heavy atom. The Balaban J connectivity index is 1.76. The Kier molecular flexibility index (Phi) is 5.05. The molecule has 1 aliphatic heterocycles. The molecule has 2 aromatic rings. The van der Waals surface area contributed by atoms with Gasteiger partial charge in [0.05, 0.1) is 22.6 Å². The van der Waals surface area contributed by atoms with E-state index >= 15 is 0 Å². The van der Waals surface area contributed by atoms with Crippen molar-refractivity contribution < 1.29 is 22.1 Å². The van der Waals surface area contributed by atoms with Crippen molar-refractivity contribution in [3.05, 3.63) is 54.1 Å². The van der Waals surface area contributed by atoms with Gasteiger partial charge in [0.25, 0.3) is 0 Å². The summed E-state index contributed by atoms with van der Waals surface area (Å²) in [5.41, 5.74) is -0.363. The monoisotopic (exact) mass is 392 g/mol. The fourth-order valence-electron chi connectivity index (χ4n) is 2.62. The summed E-state index contributed by atoms with van der Waals surface area (Å²) in [6.07, 6.45) is 1.50. The molecule has 0 radical (unpaired) electrons. The SMILES string of the molecule is CC1(C)OB(c2ccc(NS(=O)(=O)Cc3ccccn3)c(F)c2)OC1(C)C. The number of aromatic nitrogens is 1. The second-order valence-corrected chi connectivity index (χ2v) is 9.23. The van der Waals surface area contributed by atoms with Gasteiger partial charge in [-0.05, 0) is 57.4 Å². The molecule has 0 spiro atoms. The number of sulfonamides is 1. The fraction of sp³-hybridized carbons (Fsp3) is 0.389. The molecule has 1 N–H and O–H groups in total. The standard InChI is InChI=1S/C18H22BFN2O4S/c1-17(2)18(3,4)26-19(25-17)13-8-9-16(15(20)11-13)22-27(23,24)12-14-7-5-6-10-21-14/h5-11,22H,12H2,1-4H3. The third-order valence-electron chi connectivity index (χ3n) is 4.85. The van der Waals surface area contributed by atoms with E-state index in [1.165, 1.54) is 18.3 Å². The minimum absolute atomic E-state index is 0.133. The van der Waals surface area contributed by atoms with E-state index in [1.807, 2.05) is 27.7 Å². The van der Waals surface area contributed by atoms with Crippen LogP contribution in [0.4, 0.5) is 10.1 Å². The lowest BCUT2D eigenvalue weighted by Crippen LogP contribution is -2.41. The van der Waals surface area contributed by atoms with Crippen LogP contribution in [0.15, 0.2) is 42.6 Å². The Morgan fingerprint density at radius 1 is 1.11 bits per heavy atom. The Hall–Kier alpha value is -1.97. The van der Waals surface area contributed by atoms with Gasteiger partial charge in [0, 0.05) is 6.20 Å². The molecule has 27 heavy (non-hydrogen) atoms. The van der Waals surface area contributed by atoms with E-state index in [-0.39, 0.29) is 11.4 Å². The van der Waals surface area contributed by atoms with Crippen LogP contribution in [0.1, 0.15) is 33.4 Å². The van der Waals surface area contributed by atoms with Crippen LogP contribution in [0.2, 0.25) is 0 Å². The first-order valence-corrected chi connectivity index (χ1v) is 10.2. The molecule has 0 saturated carbocycles. The van der Waals surface area contributed by atoms with Crippen molar-refractivity contribution >= 4 is 28.3 Å². The summed E-state index contributed by atoms with van der Waals surface area (Å²) in [6, 6.07) is 9.16. The number of benzene rings is 1. The predicted molar refractivity (Wildman–Crippen MR) is 103 cm³/mol. The van der Waals surface area contributed by atoms with E-state index in [1.54, 1.807) is 24.3 Å². The molecule has 1 aromatic heterocycles. The van der Waals surface area contributed by atoms with Crippen LogP contribution in [-0.2, 0) is 25.1 Å². The highest BCUT2D eigenvalue weighted by Crippen LogP contribution is 2.36. The number of hydrogen-bond donors (Lipinski definition) is 1. The molecule has 1 aromatic carbocycles. The molecule has 1 saturated heterocycles. The highest BCUT2D eigenvalue weighted by Gasteiger charge is 2.51. The Morgan fingerprint density at radius 2 is 1.78 bits per heavy atom. The van der Waals surface area contributed by atoms with Crippen LogP contribution in [0, 0.1) is 5.82 Å². The number of halogens is 1. The largest absolute Gasteiger partial charge is 0.494 e. The third-order valence-corrected chi connectivity index (χ3v) is 6.05. The smallest absolute Gasteiger partial charge is 0.399 e. The minimum atomic E-state index is -3.79. The van der Waals surface area contributed by atoms with Gasteiger partial charge in [-0.25, -0.2) is 12.8 Å². The maximum atomic E-state index is 14.5. The number of nitrogens with one attached hydrogen (secondary N) is 1. The molecule has 144 valence electrons. The first kappa shape index (κ1) is 19.8. The third kappa shape index (κ3) is 4.31. The zero-order valence-electron chi connectivity index (χ0n) is 15.7. The van der Waals surface area contributed by atoms with Crippen LogP contribution in [0.25, 0.3) is 0 Å². The number of rotatable bonds is 5. The maximum absolute atomic E-state index is 14.5. The lowest BCUT2D eigenvalue weighted by Gasteiger charge is -2.32. The minimum Gasteiger partial charge on any atom is -0.399 e. The molecule has 9 heteroatoms. The second-order valence-electron chi connectivity index (χ2n) is 7.51. The van der Waals surface area contributed by atoms with Gasteiger partial charge >= 0.3 is 7.12 Å². The molecular formula is C18H22BFN2O4S. The molecule has 0 bridgehead atoms. The quantitative estimate of drug-likeness (QED) is 0.792. The van der Waals surface area contributed by atoms with Gasteiger partial charge in [-0.3, -0.25) is 9.71 Å². The summed E-state index contributed by atoms with van der Waals surface area (Å²) < 4.78 is 53.1.